The highest BCUT2D eigenvalue weighted by molar-refractivity contribution is 5.77. The van der Waals surface area contributed by atoms with Crippen LogP contribution in [0.25, 0.3) is 0 Å². The SMILES string of the molecule is CC(=O)Cc1cc(C)n(C)n1. The molecule has 1 aromatic heterocycles. The van der Waals surface area contributed by atoms with Crippen molar-refractivity contribution in [1.82, 2.24) is 9.78 Å². The lowest BCUT2D eigenvalue weighted by atomic mass is 10.2. The third-order valence-electron chi connectivity index (χ3n) is 1.59. The van der Waals surface area contributed by atoms with E-state index in [1.807, 2.05) is 20.0 Å². The van der Waals surface area contributed by atoms with Crippen LogP contribution in [0.3, 0.4) is 0 Å². The van der Waals surface area contributed by atoms with Crippen molar-refractivity contribution in [2.45, 2.75) is 20.3 Å². The van der Waals surface area contributed by atoms with Gasteiger partial charge in [-0.2, -0.15) is 5.10 Å². The Balaban J connectivity index is 2.81. The van der Waals surface area contributed by atoms with Gasteiger partial charge in [-0.05, 0) is 19.9 Å². The Bertz CT molecular complexity index is 256. The first-order chi connectivity index (χ1) is 5.09. The van der Waals surface area contributed by atoms with E-state index in [0.717, 1.165) is 11.4 Å². The third-order valence-corrected chi connectivity index (χ3v) is 1.59. The number of hydrogen-bond acceptors (Lipinski definition) is 2. The molecule has 0 N–H and O–H groups in total. The molecule has 0 aromatic carbocycles. The van der Waals surface area contributed by atoms with Gasteiger partial charge >= 0.3 is 0 Å². The molecule has 0 unspecified atom stereocenters. The fourth-order valence-electron chi connectivity index (χ4n) is 0.976. The molecule has 0 atom stereocenters. The van der Waals surface area contributed by atoms with E-state index >= 15 is 0 Å². The van der Waals surface area contributed by atoms with E-state index in [2.05, 4.69) is 5.10 Å². The lowest BCUT2D eigenvalue weighted by Gasteiger charge is -1.89. The van der Waals surface area contributed by atoms with E-state index in [4.69, 9.17) is 0 Å². The topological polar surface area (TPSA) is 34.9 Å². The van der Waals surface area contributed by atoms with Gasteiger partial charge in [0, 0.05) is 12.7 Å². The summed E-state index contributed by atoms with van der Waals surface area (Å²) in [4.78, 5) is 10.7. The first-order valence-electron chi connectivity index (χ1n) is 3.58. The van der Waals surface area contributed by atoms with Gasteiger partial charge in [-0.3, -0.25) is 9.48 Å². The first kappa shape index (κ1) is 7.98. The van der Waals surface area contributed by atoms with Gasteiger partial charge in [0.1, 0.15) is 5.78 Å². The number of carbonyl (C=O) groups is 1. The van der Waals surface area contributed by atoms with Gasteiger partial charge in [0.25, 0.3) is 0 Å². The highest BCUT2D eigenvalue weighted by Crippen LogP contribution is 2.01. The van der Waals surface area contributed by atoms with Crippen molar-refractivity contribution < 1.29 is 4.79 Å². The predicted octanol–water partition coefficient (Wildman–Crippen LogP) is 0.860. The molecule has 3 heteroatoms. The quantitative estimate of drug-likeness (QED) is 0.630. The van der Waals surface area contributed by atoms with Gasteiger partial charge in [-0.1, -0.05) is 0 Å². The molecule has 0 aliphatic carbocycles. The first-order valence-corrected chi connectivity index (χ1v) is 3.58. The number of aryl methyl sites for hydroxylation is 2. The van der Waals surface area contributed by atoms with Gasteiger partial charge in [0.15, 0.2) is 0 Å². The van der Waals surface area contributed by atoms with Gasteiger partial charge in [-0.15, -0.1) is 0 Å². The molecule has 1 aromatic rings. The van der Waals surface area contributed by atoms with Crippen LogP contribution in [0.15, 0.2) is 6.07 Å². The summed E-state index contributed by atoms with van der Waals surface area (Å²) < 4.78 is 1.78. The fraction of sp³-hybridized carbons (Fsp3) is 0.500. The number of aromatic nitrogens is 2. The Hall–Kier alpha value is -1.12. The van der Waals surface area contributed by atoms with Crippen molar-refractivity contribution in [3.8, 4) is 0 Å². The minimum Gasteiger partial charge on any atom is -0.300 e. The number of ketones is 1. The average Bonchev–Trinajstić information content (AvgIpc) is 2.10. The minimum absolute atomic E-state index is 0.156. The Morgan fingerprint density at radius 3 is 2.73 bits per heavy atom. The van der Waals surface area contributed by atoms with Crippen LogP contribution in [0.2, 0.25) is 0 Å². The molecule has 0 aliphatic rings. The molecular weight excluding hydrogens is 140 g/mol. The lowest BCUT2D eigenvalue weighted by Crippen LogP contribution is -1.98. The van der Waals surface area contributed by atoms with E-state index in [-0.39, 0.29) is 5.78 Å². The highest BCUT2D eigenvalue weighted by Gasteiger charge is 2.02. The minimum atomic E-state index is 0.156. The second-order valence-electron chi connectivity index (χ2n) is 2.78. The lowest BCUT2D eigenvalue weighted by molar-refractivity contribution is -0.116. The molecule has 0 spiro atoms. The second-order valence-corrected chi connectivity index (χ2v) is 2.78. The molecule has 3 nitrogen and oxygen atoms in total. The normalized spacial score (nSPS) is 10.1. The van der Waals surface area contributed by atoms with Crippen LogP contribution in [0.4, 0.5) is 0 Å². The van der Waals surface area contributed by atoms with Crippen molar-refractivity contribution in [3.63, 3.8) is 0 Å². The van der Waals surface area contributed by atoms with E-state index in [0.29, 0.717) is 6.42 Å². The van der Waals surface area contributed by atoms with Gasteiger partial charge < -0.3 is 0 Å². The van der Waals surface area contributed by atoms with Crippen LogP contribution in [0.5, 0.6) is 0 Å². The van der Waals surface area contributed by atoms with E-state index in [1.165, 1.54) is 0 Å². The number of rotatable bonds is 2. The molecule has 0 saturated heterocycles. The standard InChI is InChI=1S/C8H12N2O/c1-6-4-8(5-7(2)11)9-10(6)3/h4H,5H2,1-3H3. The third kappa shape index (κ3) is 1.90. The molecule has 0 radical (unpaired) electrons. The maximum atomic E-state index is 10.7. The van der Waals surface area contributed by atoms with Crippen LogP contribution < -0.4 is 0 Å². The maximum absolute atomic E-state index is 10.7. The average molecular weight is 152 g/mol. The van der Waals surface area contributed by atoms with Crippen molar-refractivity contribution in [1.29, 1.82) is 0 Å². The Kier molecular flexibility index (Phi) is 2.08. The molecule has 60 valence electrons. The molecule has 0 bridgehead atoms. The summed E-state index contributed by atoms with van der Waals surface area (Å²) in [7, 11) is 1.87. The number of hydrogen-bond donors (Lipinski definition) is 0. The van der Waals surface area contributed by atoms with Crippen LogP contribution in [-0.2, 0) is 18.3 Å². The summed E-state index contributed by atoms with van der Waals surface area (Å²) in [5.41, 5.74) is 1.94. The van der Waals surface area contributed by atoms with E-state index in [9.17, 15) is 4.79 Å². The predicted molar refractivity (Wildman–Crippen MR) is 42.3 cm³/mol. The molecular formula is C8H12N2O. The number of Topliss-reactive ketones (excluding diaryl/α,β-unsaturated/α-hetero) is 1. The van der Waals surface area contributed by atoms with Crippen LogP contribution >= 0.6 is 0 Å². The van der Waals surface area contributed by atoms with Crippen molar-refractivity contribution in [2.24, 2.45) is 7.05 Å². The van der Waals surface area contributed by atoms with Crippen molar-refractivity contribution in [2.75, 3.05) is 0 Å². The summed E-state index contributed by atoms with van der Waals surface area (Å²) in [6, 6.07) is 1.93. The van der Waals surface area contributed by atoms with Crippen LogP contribution in [0, 0.1) is 6.92 Å². The molecule has 0 fully saturated rings. The largest absolute Gasteiger partial charge is 0.300 e. The zero-order chi connectivity index (χ0) is 8.43. The summed E-state index contributed by atoms with van der Waals surface area (Å²) >= 11 is 0. The van der Waals surface area contributed by atoms with Gasteiger partial charge in [0.2, 0.25) is 0 Å². The molecule has 0 amide bonds. The smallest absolute Gasteiger partial charge is 0.135 e. The maximum Gasteiger partial charge on any atom is 0.135 e. The summed E-state index contributed by atoms with van der Waals surface area (Å²) in [6.45, 7) is 3.54. The Morgan fingerprint density at radius 2 is 2.36 bits per heavy atom. The molecule has 0 aliphatic heterocycles. The summed E-state index contributed by atoms with van der Waals surface area (Å²) in [5, 5.41) is 4.15. The Morgan fingerprint density at radius 1 is 1.73 bits per heavy atom. The fourth-order valence-corrected chi connectivity index (χ4v) is 0.976. The molecule has 1 heterocycles. The van der Waals surface area contributed by atoms with E-state index < -0.39 is 0 Å². The second kappa shape index (κ2) is 2.86. The van der Waals surface area contributed by atoms with Crippen LogP contribution in [0.1, 0.15) is 18.3 Å². The summed E-state index contributed by atoms with van der Waals surface area (Å²) in [5.74, 6) is 0.156. The van der Waals surface area contributed by atoms with Crippen molar-refractivity contribution >= 4 is 5.78 Å². The molecule has 0 saturated carbocycles. The summed E-state index contributed by atoms with van der Waals surface area (Å²) in [6.07, 6.45) is 0.446. The Labute approximate surface area is 66.0 Å². The van der Waals surface area contributed by atoms with Gasteiger partial charge in [-0.25, -0.2) is 0 Å². The number of nitrogens with zero attached hydrogens (tertiary/aromatic N) is 2. The van der Waals surface area contributed by atoms with E-state index in [1.54, 1.807) is 11.6 Å². The zero-order valence-corrected chi connectivity index (χ0v) is 7.09. The highest BCUT2D eigenvalue weighted by atomic mass is 16.1. The zero-order valence-electron chi connectivity index (χ0n) is 7.09. The molecule has 11 heavy (non-hydrogen) atoms. The van der Waals surface area contributed by atoms with Crippen molar-refractivity contribution in [3.05, 3.63) is 17.5 Å². The monoisotopic (exact) mass is 152 g/mol. The molecule has 1 rings (SSSR count). The van der Waals surface area contributed by atoms with Crippen LogP contribution in [-0.4, -0.2) is 15.6 Å². The number of carbonyl (C=O) groups excluding carboxylic acids is 1. The van der Waals surface area contributed by atoms with Gasteiger partial charge in [0.05, 0.1) is 12.1 Å².